The second kappa shape index (κ2) is 8.98. The molecule has 3 aromatic heterocycles. The largest absolute Gasteiger partial charge is 0.309 e. The van der Waals surface area contributed by atoms with Crippen LogP contribution >= 0.6 is 11.3 Å². The zero-order chi connectivity index (χ0) is 25.6. The van der Waals surface area contributed by atoms with Crippen LogP contribution in [-0.4, -0.2) is 14.0 Å². The number of para-hydroxylation sites is 2. The van der Waals surface area contributed by atoms with Gasteiger partial charge in [0.05, 0.1) is 27.0 Å². The van der Waals surface area contributed by atoms with Gasteiger partial charge < -0.3 is 4.57 Å². The van der Waals surface area contributed by atoms with Crippen molar-refractivity contribution in [2.24, 2.45) is 0 Å². The molecule has 38 heavy (non-hydrogen) atoms. The second-order valence-corrected chi connectivity index (χ2v) is 10.4. The van der Waals surface area contributed by atoms with E-state index in [2.05, 4.69) is 90.4 Å². The van der Waals surface area contributed by atoms with Crippen LogP contribution in [0.1, 0.15) is 11.1 Å². The van der Waals surface area contributed by atoms with Crippen LogP contribution in [0.3, 0.4) is 0 Å². The molecule has 0 aliphatic heterocycles. The van der Waals surface area contributed by atoms with E-state index in [0.717, 1.165) is 44.8 Å². The third-order valence-corrected chi connectivity index (χ3v) is 7.84. The lowest BCUT2D eigenvalue weighted by atomic mass is 10.1. The maximum atomic E-state index is 13.6. The van der Waals surface area contributed by atoms with E-state index >= 15 is 0 Å². The summed E-state index contributed by atoms with van der Waals surface area (Å²) in [6.07, 6.45) is 2.02. The first kappa shape index (κ1) is 22.5. The van der Waals surface area contributed by atoms with Crippen LogP contribution in [0.15, 0.2) is 120 Å². The minimum absolute atomic E-state index is 0.0398. The fraction of sp³-hybridized carbons (Fsp3) is 0.0303. The van der Waals surface area contributed by atoms with Gasteiger partial charge in [-0.1, -0.05) is 102 Å². The van der Waals surface area contributed by atoms with Gasteiger partial charge in [0.25, 0.3) is 5.56 Å². The van der Waals surface area contributed by atoms with Crippen molar-refractivity contribution in [2.45, 2.75) is 6.92 Å². The van der Waals surface area contributed by atoms with Gasteiger partial charge >= 0.3 is 0 Å². The Morgan fingerprint density at radius 1 is 0.763 bits per heavy atom. The van der Waals surface area contributed by atoms with E-state index in [1.54, 1.807) is 4.40 Å². The number of aryl methyl sites for hydroxylation is 1. The van der Waals surface area contributed by atoms with Crippen molar-refractivity contribution in [3.05, 3.63) is 141 Å². The lowest BCUT2D eigenvalue weighted by molar-refractivity contribution is 1.09. The van der Waals surface area contributed by atoms with E-state index in [1.165, 1.54) is 16.9 Å². The van der Waals surface area contributed by atoms with E-state index in [4.69, 9.17) is 4.98 Å². The van der Waals surface area contributed by atoms with Crippen LogP contribution in [0.2, 0.25) is 0 Å². The fourth-order valence-corrected chi connectivity index (χ4v) is 6.05. The Morgan fingerprint density at radius 3 is 2.16 bits per heavy atom. The molecule has 0 amide bonds. The molecule has 7 rings (SSSR count). The molecular formula is C33H23N3OS. The summed E-state index contributed by atoms with van der Waals surface area (Å²) < 4.78 is 4.69. The number of benzene rings is 4. The first-order chi connectivity index (χ1) is 18.7. The van der Waals surface area contributed by atoms with Crippen LogP contribution < -0.4 is 10.1 Å². The van der Waals surface area contributed by atoms with Gasteiger partial charge in [-0.05, 0) is 54.5 Å². The monoisotopic (exact) mass is 509 g/mol. The number of fused-ring (bicyclic) bond motifs is 3. The average Bonchev–Trinajstić information content (AvgIpc) is 3.61. The van der Waals surface area contributed by atoms with E-state index < -0.39 is 0 Å². The first-order valence-corrected chi connectivity index (χ1v) is 13.3. The Bertz CT molecular complexity index is 2030. The van der Waals surface area contributed by atoms with Gasteiger partial charge in [-0.25, -0.2) is 9.38 Å². The molecule has 0 aliphatic carbocycles. The minimum atomic E-state index is -0.0398. The average molecular weight is 510 g/mol. The zero-order valence-corrected chi connectivity index (χ0v) is 21.5. The molecule has 0 aliphatic rings. The van der Waals surface area contributed by atoms with Crippen molar-refractivity contribution in [2.75, 3.05) is 0 Å². The minimum Gasteiger partial charge on any atom is -0.309 e. The number of rotatable bonds is 4. The maximum Gasteiger partial charge on any atom is 0.274 e. The Balaban J connectivity index is 1.56. The quantitative estimate of drug-likeness (QED) is 0.259. The van der Waals surface area contributed by atoms with E-state index in [0.29, 0.717) is 9.49 Å². The number of nitrogens with zero attached hydrogens (tertiary/aromatic N) is 3. The molecule has 0 fully saturated rings. The maximum absolute atomic E-state index is 13.6. The summed E-state index contributed by atoms with van der Waals surface area (Å²) in [6, 6.07) is 39.3. The molecule has 0 saturated heterocycles. The highest BCUT2D eigenvalue weighted by Gasteiger charge is 2.19. The molecule has 0 spiro atoms. The van der Waals surface area contributed by atoms with E-state index in [-0.39, 0.29) is 5.56 Å². The van der Waals surface area contributed by atoms with E-state index in [1.807, 2.05) is 42.5 Å². The summed E-state index contributed by atoms with van der Waals surface area (Å²) in [7, 11) is 0. The van der Waals surface area contributed by atoms with Crippen molar-refractivity contribution in [3.63, 3.8) is 0 Å². The fourth-order valence-electron chi connectivity index (χ4n) is 5.07. The van der Waals surface area contributed by atoms with Crippen LogP contribution in [0.4, 0.5) is 0 Å². The number of hydrogen-bond donors (Lipinski definition) is 0. The van der Waals surface area contributed by atoms with Crippen LogP contribution in [0.5, 0.6) is 0 Å². The highest BCUT2D eigenvalue weighted by Crippen LogP contribution is 2.36. The van der Waals surface area contributed by atoms with Crippen LogP contribution in [0.25, 0.3) is 50.3 Å². The SMILES string of the molecule is Cc1ccc(-n2c(-c3ccccc3)cc(/C=c3\sc4nc5ccccc5n4c3=O)c2-c2ccccc2)cc1. The van der Waals surface area contributed by atoms with Gasteiger partial charge in [0.2, 0.25) is 0 Å². The van der Waals surface area contributed by atoms with Gasteiger partial charge in [0.1, 0.15) is 0 Å². The molecule has 0 saturated carbocycles. The molecule has 0 unspecified atom stereocenters. The van der Waals surface area contributed by atoms with Gasteiger partial charge in [-0.2, -0.15) is 0 Å². The van der Waals surface area contributed by atoms with Crippen molar-refractivity contribution in [3.8, 4) is 28.2 Å². The topological polar surface area (TPSA) is 39.3 Å². The molecule has 4 nitrogen and oxygen atoms in total. The summed E-state index contributed by atoms with van der Waals surface area (Å²) in [4.78, 5) is 19.0. The van der Waals surface area contributed by atoms with Gasteiger partial charge in [0, 0.05) is 11.3 Å². The Hall–Kier alpha value is -4.74. The smallest absolute Gasteiger partial charge is 0.274 e. The van der Waals surface area contributed by atoms with Gasteiger partial charge in [-0.3, -0.25) is 4.79 Å². The highest BCUT2D eigenvalue weighted by atomic mass is 32.1. The number of aromatic nitrogens is 3. The number of imidazole rings is 1. The predicted molar refractivity (Wildman–Crippen MR) is 157 cm³/mol. The van der Waals surface area contributed by atoms with Crippen LogP contribution in [-0.2, 0) is 0 Å². The lowest BCUT2D eigenvalue weighted by Crippen LogP contribution is -2.22. The standard InChI is InChI=1S/C33H23N3OS/c1-22-16-18-26(19-17-22)35-29(23-10-4-2-5-11-23)20-25(31(35)24-12-6-3-7-13-24)21-30-32(37)36-28-15-9-8-14-27(28)34-33(36)38-30/h2-21H,1H3/b30-21-. The van der Waals surface area contributed by atoms with Crippen molar-refractivity contribution < 1.29 is 0 Å². The van der Waals surface area contributed by atoms with Crippen molar-refractivity contribution in [1.29, 1.82) is 0 Å². The highest BCUT2D eigenvalue weighted by molar-refractivity contribution is 7.15. The Labute approximate surface area is 223 Å². The van der Waals surface area contributed by atoms with Crippen LogP contribution in [0, 0.1) is 6.92 Å². The molecular weight excluding hydrogens is 486 g/mol. The number of thiazole rings is 1. The summed E-state index contributed by atoms with van der Waals surface area (Å²) in [6.45, 7) is 2.10. The van der Waals surface area contributed by atoms with Gasteiger partial charge in [0.15, 0.2) is 4.96 Å². The summed E-state index contributed by atoms with van der Waals surface area (Å²) in [5.41, 5.74) is 9.21. The predicted octanol–water partition coefficient (Wildman–Crippen LogP) is 6.89. The normalized spacial score (nSPS) is 12.1. The zero-order valence-electron chi connectivity index (χ0n) is 20.7. The summed E-state index contributed by atoms with van der Waals surface area (Å²) >= 11 is 1.43. The molecule has 0 N–H and O–H groups in total. The molecule has 4 aromatic carbocycles. The van der Waals surface area contributed by atoms with E-state index in [9.17, 15) is 4.79 Å². The van der Waals surface area contributed by atoms with Crippen molar-refractivity contribution >= 4 is 33.4 Å². The summed E-state index contributed by atoms with van der Waals surface area (Å²) in [5.74, 6) is 0. The van der Waals surface area contributed by atoms with Crippen molar-refractivity contribution in [1.82, 2.24) is 14.0 Å². The summed E-state index contributed by atoms with van der Waals surface area (Å²) in [5, 5.41) is 0. The second-order valence-electron chi connectivity index (χ2n) is 9.37. The molecule has 0 atom stereocenters. The van der Waals surface area contributed by atoms with Gasteiger partial charge in [-0.15, -0.1) is 0 Å². The lowest BCUT2D eigenvalue weighted by Gasteiger charge is -2.15. The molecule has 182 valence electrons. The molecule has 3 heterocycles. The Morgan fingerprint density at radius 2 is 1.42 bits per heavy atom. The molecule has 0 bridgehead atoms. The third-order valence-electron chi connectivity index (χ3n) is 6.87. The Kier molecular flexibility index (Phi) is 5.31. The molecule has 5 heteroatoms. The molecule has 7 aromatic rings. The third kappa shape index (κ3) is 3.67. The molecule has 0 radical (unpaired) electrons. The number of hydrogen-bond acceptors (Lipinski definition) is 3. The first-order valence-electron chi connectivity index (χ1n) is 12.5.